The molecule has 0 spiro atoms. The lowest BCUT2D eigenvalue weighted by Gasteiger charge is -2.06. The van der Waals surface area contributed by atoms with Gasteiger partial charge in [-0.15, -0.1) is 0 Å². The van der Waals surface area contributed by atoms with Crippen molar-refractivity contribution in [2.24, 2.45) is 0 Å². The molecule has 2 aromatic rings. The highest BCUT2D eigenvalue weighted by molar-refractivity contribution is 6.02. The van der Waals surface area contributed by atoms with Gasteiger partial charge in [0.25, 0.3) is 0 Å². The number of carbonyl (C=O) groups is 2. The Morgan fingerprint density at radius 1 is 1.00 bits per heavy atom. The fraction of sp³-hybridized carbons (Fsp3) is 0.273. The summed E-state index contributed by atoms with van der Waals surface area (Å²) in [6.45, 7) is 2.55. The van der Waals surface area contributed by atoms with Crippen molar-refractivity contribution in [3.05, 3.63) is 71.6 Å². The van der Waals surface area contributed by atoms with Crippen molar-refractivity contribution in [2.75, 3.05) is 11.9 Å². The molecule has 0 aliphatic rings. The molecule has 0 atom stereocenters. The third kappa shape index (κ3) is 7.44. The van der Waals surface area contributed by atoms with Gasteiger partial charge in [0.2, 0.25) is 5.91 Å². The van der Waals surface area contributed by atoms with Crippen molar-refractivity contribution in [1.29, 1.82) is 0 Å². The number of anilines is 1. The predicted octanol–water partition coefficient (Wildman–Crippen LogP) is 5.21. The molecule has 4 nitrogen and oxygen atoms in total. The zero-order chi connectivity index (χ0) is 19.5. The van der Waals surface area contributed by atoms with Crippen LogP contribution in [0.5, 0.6) is 0 Å². The Labute approximate surface area is 159 Å². The lowest BCUT2D eigenvalue weighted by atomic mass is 10.2. The van der Waals surface area contributed by atoms with Gasteiger partial charge in [-0.2, -0.15) is 0 Å². The average molecular weight is 369 g/mol. The number of amides is 1. The van der Waals surface area contributed by atoms with Crippen molar-refractivity contribution in [1.82, 2.24) is 0 Å². The molecule has 5 heteroatoms. The van der Waals surface area contributed by atoms with Crippen LogP contribution in [0.1, 0.15) is 48.5 Å². The van der Waals surface area contributed by atoms with E-state index in [9.17, 15) is 14.0 Å². The molecule has 0 radical (unpaired) electrons. The molecule has 0 saturated heterocycles. The predicted molar refractivity (Wildman–Crippen MR) is 105 cm³/mol. The fourth-order valence-corrected chi connectivity index (χ4v) is 2.40. The number of carbonyl (C=O) groups excluding carboxylic acids is 2. The topological polar surface area (TPSA) is 55.4 Å². The lowest BCUT2D eigenvalue weighted by molar-refractivity contribution is -0.111. The molecule has 0 bridgehead atoms. The van der Waals surface area contributed by atoms with Crippen LogP contribution in [0.3, 0.4) is 0 Å². The quantitative estimate of drug-likeness (QED) is 0.375. The zero-order valence-corrected chi connectivity index (χ0v) is 15.4. The van der Waals surface area contributed by atoms with Crippen LogP contribution in [0.2, 0.25) is 0 Å². The van der Waals surface area contributed by atoms with Gasteiger partial charge in [-0.3, -0.25) is 4.79 Å². The van der Waals surface area contributed by atoms with Crippen molar-refractivity contribution in [3.63, 3.8) is 0 Å². The molecule has 0 aromatic heterocycles. The number of esters is 1. The van der Waals surface area contributed by atoms with E-state index in [1.165, 1.54) is 18.2 Å². The van der Waals surface area contributed by atoms with Crippen LogP contribution in [-0.2, 0) is 9.53 Å². The summed E-state index contributed by atoms with van der Waals surface area (Å²) in [6.07, 6.45) is 7.17. The van der Waals surface area contributed by atoms with Crippen LogP contribution < -0.4 is 5.32 Å². The first-order valence-electron chi connectivity index (χ1n) is 9.10. The van der Waals surface area contributed by atoms with Crippen molar-refractivity contribution in [2.45, 2.75) is 32.6 Å². The maximum atomic E-state index is 12.8. The van der Waals surface area contributed by atoms with Crippen molar-refractivity contribution < 1.29 is 18.7 Å². The van der Waals surface area contributed by atoms with Crippen LogP contribution in [0.25, 0.3) is 6.08 Å². The fourth-order valence-electron chi connectivity index (χ4n) is 2.40. The van der Waals surface area contributed by atoms with E-state index in [1.807, 2.05) is 0 Å². The Balaban J connectivity index is 1.81. The largest absolute Gasteiger partial charge is 0.462 e. The first kappa shape index (κ1) is 20.4. The number of rotatable bonds is 9. The first-order valence-corrected chi connectivity index (χ1v) is 9.10. The maximum Gasteiger partial charge on any atom is 0.338 e. The van der Waals surface area contributed by atoms with Gasteiger partial charge < -0.3 is 10.1 Å². The SMILES string of the molecule is CCCCCCOC(=O)c1ccc(NC(=O)C=Cc2ccc(F)cc2)cc1. The Kier molecular flexibility index (Phi) is 8.23. The molecule has 1 N–H and O–H groups in total. The molecule has 0 aliphatic carbocycles. The monoisotopic (exact) mass is 369 g/mol. The molecule has 0 aliphatic heterocycles. The molecule has 2 aromatic carbocycles. The van der Waals surface area contributed by atoms with Gasteiger partial charge in [-0.05, 0) is 54.5 Å². The average Bonchev–Trinajstić information content (AvgIpc) is 2.68. The van der Waals surface area contributed by atoms with Crippen LogP contribution in [-0.4, -0.2) is 18.5 Å². The summed E-state index contributed by atoms with van der Waals surface area (Å²) in [5.74, 6) is -0.998. The third-order valence-electron chi connectivity index (χ3n) is 3.92. The van der Waals surface area contributed by atoms with E-state index < -0.39 is 0 Å². The summed E-state index contributed by atoms with van der Waals surface area (Å²) in [5.41, 5.74) is 1.75. The van der Waals surface area contributed by atoms with E-state index in [0.717, 1.165) is 31.2 Å². The van der Waals surface area contributed by atoms with Crippen LogP contribution in [0, 0.1) is 5.82 Å². The van der Waals surface area contributed by atoms with E-state index in [4.69, 9.17) is 4.74 Å². The Bertz CT molecular complexity index is 767. The second kappa shape index (κ2) is 10.9. The molecule has 1 amide bonds. The van der Waals surface area contributed by atoms with Crippen molar-refractivity contribution in [3.8, 4) is 0 Å². The van der Waals surface area contributed by atoms with Crippen molar-refractivity contribution >= 4 is 23.6 Å². The number of nitrogens with one attached hydrogen (secondary N) is 1. The second-order valence-electron chi connectivity index (χ2n) is 6.15. The van der Waals surface area contributed by atoms with Gasteiger partial charge in [0.15, 0.2) is 0 Å². The molecular weight excluding hydrogens is 345 g/mol. The summed E-state index contributed by atoms with van der Waals surface area (Å²) >= 11 is 0. The third-order valence-corrected chi connectivity index (χ3v) is 3.92. The summed E-state index contributed by atoms with van der Waals surface area (Å²) in [7, 11) is 0. The highest BCUT2D eigenvalue weighted by Gasteiger charge is 2.07. The minimum absolute atomic E-state index is 0.314. The number of ether oxygens (including phenoxy) is 1. The number of benzene rings is 2. The summed E-state index contributed by atoms with van der Waals surface area (Å²) < 4.78 is 18.1. The summed E-state index contributed by atoms with van der Waals surface area (Å²) in [4.78, 5) is 23.9. The van der Waals surface area contributed by atoms with Gasteiger partial charge in [-0.25, -0.2) is 9.18 Å². The van der Waals surface area contributed by atoms with Crippen LogP contribution in [0.4, 0.5) is 10.1 Å². The van der Waals surface area contributed by atoms with Gasteiger partial charge in [0.05, 0.1) is 12.2 Å². The molecule has 2 rings (SSSR count). The maximum absolute atomic E-state index is 12.8. The normalized spacial score (nSPS) is 10.7. The summed E-state index contributed by atoms with van der Waals surface area (Å²) in [6, 6.07) is 12.4. The minimum Gasteiger partial charge on any atom is -0.462 e. The molecular formula is C22H24FNO3. The van der Waals surface area contributed by atoms with Gasteiger partial charge in [-0.1, -0.05) is 38.3 Å². The second-order valence-corrected chi connectivity index (χ2v) is 6.15. The van der Waals surface area contributed by atoms with E-state index >= 15 is 0 Å². The molecule has 0 fully saturated rings. The Morgan fingerprint density at radius 3 is 2.37 bits per heavy atom. The highest BCUT2D eigenvalue weighted by atomic mass is 19.1. The number of unbranched alkanes of at least 4 members (excludes halogenated alkanes) is 3. The minimum atomic E-state index is -0.361. The smallest absolute Gasteiger partial charge is 0.338 e. The zero-order valence-electron chi connectivity index (χ0n) is 15.4. The summed E-state index contributed by atoms with van der Waals surface area (Å²) in [5, 5.41) is 2.70. The number of halogens is 1. The van der Waals surface area contributed by atoms with Crippen LogP contribution in [0.15, 0.2) is 54.6 Å². The molecule has 0 unspecified atom stereocenters. The van der Waals surface area contributed by atoms with E-state index in [-0.39, 0.29) is 17.7 Å². The lowest BCUT2D eigenvalue weighted by Crippen LogP contribution is -2.09. The van der Waals surface area contributed by atoms with Crippen LogP contribution >= 0.6 is 0 Å². The Morgan fingerprint density at radius 2 is 1.70 bits per heavy atom. The Hall–Kier alpha value is -2.95. The molecule has 0 heterocycles. The molecule has 0 saturated carbocycles. The molecule has 142 valence electrons. The van der Waals surface area contributed by atoms with E-state index in [2.05, 4.69) is 12.2 Å². The van der Waals surface area contributed by atoms with Gasteiger partial charge in [0, 0.05) is 11.8 Å². The van der Waals surface area contributed by atoms with E-state index in [0.29, 0.717) is 17.9 Å². The molecule has 27 heavy (non-hydrogen) atoms. The number of hydrogen-bond acceptors (Lipinski definition) is 3. The highest BCUT2D eigenvalue weighted by Crippen LogP contribution is 2.12. The van der Waals surface area contributed by atoms with Gasteiger partial charge >= 0.3 is 5.97 Å². The van der Waals surface area contributed by atoms with E-state index in [1.54, 1.807) is 42.5 Å². The van der Waals surface area contributed by atoms with Gasteiger partial charge in [0.1, 0.15) is 5.82 Å². The number of hydrogen-bond donors (Lipinski definition) is 1. The standard InChI is InChI=1S/C22H24FNO3/c1-2-3-4-5-16-27-22(26)18-9-13-20(14-10-18)24-21(25)15-8-17-6-11-19(23)12-7-17/h6-15H,2-5,16H2,1H3,(H,24,25). The first-order chi connectivity index (χ1) is 13.1.